The van der Waals surface area contributed by atoms with Crippen LogP contribution in [0.4, 0.5) is 5.69 Å². The summed E-state index contributed by atoms with van der Waals surface area (Å²) in [5.74, 6) is -0.00806. The number of nitrogens with one attached hydrogen (secondary N) is 1. The standard InChI is InChI=1S/C26H20BrN3O2/c1-2-18-7-10-24(11-8-18)30-26(31)22(16-29)13-21-14-23(27)9-12-25(21)32-17-20-6-4-3-5-19(20)15-28/h3-14H,2,17H2,1H3,(H,30,31). The van der Waals surface area contributed by atoms with Crippen LogP contribution in [0.5, 0.6) is 5.75 Å². The number of nitriles is 2. The Kier molecular flexibility index (Phi) is 7.80. The number of rotatable bonds is 7. The van der Waals surface area contributed by atoms with Crippen LogP contribution in [0.25, 0.3) is 6.08 Å². The van der Waals surface area contributed by atoms with Gasteiger partial charge >= 0.3 is 0 Å². The highest BCUT2D eigenvalue weighted by Crippen LogP contribution is 2.27. The van der Waals surface area contributed by atoms with Gasteiger partial charge in [-0.05, 0) is 54.5 Å². The molecule has 0 aliphatic carbocycles. The van der Waals surface area contributed by atoms with Gasteiger partial charge in [-0.25, -0.2) is 0 Å². The highest BCUT2D eigenvalue weighted by Gasteiger charge is 2.13. The highest BCUT2D eigenvalue weighted by atomic mass is 79.9. The summed E-state index contributed by atoms with van der Waals surface area (Å²) in [5, 5.41) is 21.6. The van der Waals surface area contributed by atoms with E-state index in [1.807, 2.05) is 48.5 Å². The molecule has 32 heavy (non-hydrogen) atoms. The van der Waals surface area contributed by atoms with E-state index in [4.69, 9.17) is 4.74 Å². The SMILES string of the molecule is CCc1ccc(NC(=O)C(C#N)=Cc2cc(Br)ccc2OCc2ccccc2C#N)cc1. The summed E-state index contributed by atoms with van der Waals surface area (Å²) in [6, 6.07) is 24.1. The van der Waals surface area contributed by atoms with Gasteiger partial charge in [-0.2, -0.15) is 10.5 Å². The fourth-order valence-corrected chi connectivity index (χ4v) is 3.38. The molecule has 0 radical (unpaired) electrons. The van der Waals surface area contributed by atoms with E-state index in [-0.39, 0.29) is 12.2 Å². The first kappa shape index (κ1) is 22.8. The van der Waals surface area contributed by atoms with Crippen LogP contribution in [0.3, 0.4) is 0 Å². The molecule has 6 heteroatoms. The van der Waals surface area contributed by atoms with Gasteiger partial charge in [0.2, 0.25) is 0 Å². The zero-order valence-electron chi connectivity index (χ0n) is 17.4. The predicted octanol–water partition coefficient (Wildman–Crippen LogP) is 6.01. The minimum Gasteiger partial charge on any atom is -0.488 e. The molecule has 0 aliphatic heterocycles. The topological polar surface area (TPSA) is 85.9 Å². The number of carbonyl (C=O) groups excluding carboxylic acids is 1. The number of amides is 1. The van der Waals surface area contributed by atoms with Gasteiger partial charge in [0.15, 0.2) is 0 Å². The Morgan fingerprint density at radius 3 is 2.53 bits per heavy atom. The molecule has 3 rings (SSSR count). The maximum Gasteiger partial charge on any atom is 0.266 e. The lowest BCUT2D eigenvalue weighted by molar-refractivity contribution is -0.112. The Bertz CT molecular complexity index is 1240. The van der Waals surface area contributed by atoms with Crippen LogP contribution < -0.4 is 10.1 Å². The molecule has 0 fully saturated rings. The number of anilines is 1. The molecule has 5 nitrogen and oxygen atoms in total. The third-order valence-electron chi connectivity index (χ3n) is 4.78. The number of nitrogens with zero attached hydrogens (tertiary/aromatic N) is 2. The molecular formula is C26H20BrN3O2. The maximum absolute atomic E-state index is 12.7. The van der Waals surface area contributed by atoms with Crippen LogP contribution in [0, 0.1) is 22.7 Å². The van der Waals surface area contributed by atoms with Gasteiger partial charge in [0, 0.05) is 21.3 Å². The Morgan fingerprint density at radius 1 is 1.09 bits per heavy atom. The van der Waals surface area contributed by atoms with Gasteiger partial charge in [-0.1, -0.05) is 53.2 Å². The molecule has 1 N–H and O–H groups in total. The molecule has 0 aromatic heterocycles. The summed E-state index contributed by atoms with van der Waals surface area (Å²) in [6.07, 6.45) is 2.40. The number of aryl methyl sites for hydroxylation is 1. The molecule has 0 heterocycles. The van der Waals surface area contributed by atoms with Gasteiger partial charge in [0.25, 0.3) is 5.91 Å². The van der Waals surface area contributed by atoms with Crippen LogP contribution >= 0.6 is 15.9 Å². The fourth-order valence-electron chi connectivity index (χ4n) is 3.00. The molecule has 0 spiro atoms. The molecule has 1 amide bonds. The molecule has 0 aliphatic rings. The average Bonchev–Trinajstić information content (AvgIpc) is 2.82. The zero-order valence-corrected chi connectivity index (χ0v) is 19.0. The van der Waals surface area contributed by atoms with Gasteiger partial charge in [0.05, 0.1) is 11.6 Å². The zero-order chi connectivity index (χ0) is 22.9. The molecule has 3 aromatic rings. The van der Waals surface area contributed by atoms with Crippen molar-refractivity contribution in [2.45, 2.75) is 20.0 Å². The van der Waals surface area contributed by atoms with Crippen molar-refractivity contribution in [3.8, 4) is 17.9 Å². The van der Waals surface area contributed by atoms with E-state index in [2.05, 4.69) is 34.2 Å². The van der Waals surface area contributed by atoms with E-state index < -0.39 is 5.91 Å². The second kappa shape index (κ2) is 10.9. The largest absolute Gasteiger partial charge is 0.488 e. The van der Waals surface area contributed by atoms with Crippen LogP contribution in [0.1, 0.15) is 29.2 Å². The van der Waals surface area contributed by atoms with E-state index in [1.54, 1.807) is 24.3 Å². The lowest BCUT2D eigenvalue weighted by atomic mass is 10.1. The van der Waals surface area contributed by atoms with Crippen molar-refractivity contribution in [1.29, 1.82) is 10.5 Å². The molecule has 158 valence electrons. The van der Waals surface area contributed by atoms with Gasteiger partial charge in [0.1, 0.15) is 24.0 Å². The van der Waals surface area contributed by atoms with Crippen molar-refractivity contribution in [1.82, 2.24) is 0 Å². The van der Waals surface area contributed by atoms with Crippen molar-refractivity contribution >= 4 is 33.6 Å². The quantitative estimate of drug-likeness (QED) is 0.328. The summed E-state index contributed by atoms with van der Waals surface area (Å²) in [7, 11) is 0. The van der Waals surface area contributed by atoms with E-state index >= 15 is 0 Å². The number of ether oxygens (including phenoxy) is 1. The Morgan fingerprint density at radius 2 is 1.84 bits per heavy atom. The van der Waals surface area contributed by atoms with Gasteiger partial charge < -0.3 is 10.1 Å². The number of benzene rings is 3. The molecule has 0 saturated carbocycles. The van der Waals surface area contributed by atoms with Crippen LogP contribution in [0.15, 0.2) is 76.8 Å². The second-order valence-electron chi connectivity index (χ2n) is 6.91. The number of hydrogen-bond acceptors (Lipinski definition) is 4. The lowest BCUT2D eigenvalue weighted by Crippen LogP contribution is -2.13. The Hall–Kier alpha value is -3.87. The van der Waals surface area contributed by atoms with Gasteiger partial charge in [-0.3, -0.25) is 4.79 Å². The van der Waals surface area contributed by atoms with E-state index in [9.17, 15) is 15.3 Å². The van der Waals surface area contributed by atoms with E-state index in [1.165, 1.54) is 6.08 Å². The third kappa shape index (κ3) is 5.85. The predicted molar refractivity (Wildman–Crippen MR) is 128 cm³/mol. The van der Waals surface area contributed by atoms with Gasteiger partial charge in [-0.15, -0.1) is 0 Å². The number of halogens is 1. The second-order valence-corrected chi connectivity index (χ2v) is 7.83. The van der Waals surface area contributed by atoms with E-state index in [0.717, 1.165) is 22.0 Å². The lowest BCUT2D eigenvalue weighted by Gasteiger charge is -2.11. The summed E-state index contributed by atoms with van der Waals surface area (Å²) in [4.78, 5) is 12.7. The monoisotopic (exact) mass is 485 g/mol. The minimum absolute atomic E-state index is 0.0510. The van der Waals surface area contributed by atoms with Crippen LogP contribution in [-0.2, 0) is 17.8 Å². The fraction of sp³-hybridized carbons (Fsp3) is 0.115. The molecule has 0 bridgehead atoms. The van der Waals surface area contributed by atoms with E-state index in [0.29, 0.717) is 22.6 Å². The third-order valence-corrected chi connectivity index (χ3v) is 5.27. The first-order valence-corrected chi connectivity index (χ1v) is 10.8. The summed E-state index contributed by atoms with van der Waals surface area (Å²) >= 11 is 3.42. The first-order valence-electron chi connectivity index (χ1n) is 9.96. The summed E-state index contributed by atoms with van der Waals surface area (Å²) < 4.78 is 6.71. The van der Waals surface area contributed by atoms with Crippen molar-refractivity contribution in [3.05, 3.63) is 99.0 Å². The average molecular weight is 486 g/mol. The first-order chi connectivity index (χ1) is 15.5. The van der Waals surface area contributed by atoms with Crippen molar-refractivity contribution in [2.24, 2.45) is 0 Å². The molecule has 0 unspecified atom stereocenters. The maximum atomic E-state index is 12.7. The number of carbonyl (C=O) groups is 1. The minimum atomic E-state index is -0.502. The van der Waals surface area contributed by atoms with Crippen LogP contribution in [0.2, 0.25) is 0 Å². The molecular weight excluding hydrogens is 466 g/mol. The Balaban J connectivity index is 1.83. The van der Waals surface area contributed by atoms with Crippen LogP contribution in [-0.4, -0.2) is 5.91 Å². The van der Waals surface area contributed by atoms with Crippen molar-refractivity contribution < 1.29 is 9.53 Å². The van der Waals surface area contributed by atoms with Crippen molar-refractivity contribution in [2.75, 3.05) is 5.32 Å². The normalized spacial score (nSPS) is 10.7. The molecule has 3 aromatic carbocycles. The molecule has 0 atom stereocenters. The highest BCUT2D eigenvalue weighted by molar-refractivity contribution is 9.10. The molecule has 0 saturated heterocycles. The summed E-state index contributed by atoms with van der Waals surface area (Å²) in [5.41, 5.74) is 3.58. The smallest absolute Gasteiger partial charge is 0.266 e. The number of hydrogen-bond donors (Lipinski definition) is 1. The van der Waals surface area contributed by atoms with Crippen molar-refractivity contribution in [3.63, 3.8) is 0 Å². The summed E-state index contributed by atoms with van der Waals surface area (Å²) in [6.45, 7) is 2.24. The Labute approximate surface area is 195 Å².